The van der Waals surface area contributed by atoms with E-state index in [-0.39, 0.29) is 16.9 Å². The van der Waals surface area contributed by atoms with Crippen LogP contribution in [0.3, 0.4) is 0 Å². The van der Waals surface area contributed by atoms with E-state index in [1.54, 1.807) is 6.07 Å². The summed E-state index contributed by atoms with van der Waals surface area (Å²) in [5, 5.41) is 11.9. The van der Waals surface area contributed by atoms with Crippen LogP contribution >= 0.6 is 22.6 Å². The Bertz CT molecular complexity index is 975. The number of amides is 2. The quantitative estimate of drug-likeness (QED) is 0.267. The standard InChI is InChI=1S/C19H16FIN4O4/c20-15-9-13(21)3-5-16(15)23-17-8-12(10-22)2-4-14(17)18(26)24-29-11-28-19(27)25-6-1-7-25/h2-5,8-9,23H,1,6-7,11H2,(H,24,26). The first-order chi connectivity index (χ1) is 14.0. The molecular weight excluding hydrogens is 494 g/mol. The summed E-state index contributed by atoms with van der Waals surface area (Å²) in [6.07, 6.45) is 0.419. The number of hydrogen-bond acceptors (Lipinski definition) is 6. The average Bonchev–Trinajstić information content (AvgIpc) is 2.65. The molecule has 1 saturated heterocycles. The first kappa shape index (κ1) is 20.8. The second kappa shape index (κ2) is 9.53. The Hall–Kier alpha value is -2.91. The van der Waals surface area contributed by atoms with Crippen molar-refractivity contribution in [3.8, 4) is 6.07 Å². The van der Waals surface area contributed by atoms with Crippen molar-refractivity contribution in [1.29, 1.82) is 5.26 Å². The number of carbonyl (C=O) groups excluding carboxylic acids is 2. The van der Waals surface area contributed by atoms with Crippen LogP contribution in [0.2, 0.25) is 0 Å². The van der Waals surface area contributed by atoms with Gasteiger partial charge in [0, 0.05) is 16.7 Å². The van der Waals surface area contributed by atoms with Crippen molar-refractivity contribution < 1.29 is 23.6 Å². The van der Waals surface area contributed by atoms with Crippen molar-refractivity contribution >= 4 is 46.0 Å². The molecule has 1 aliphatic rings. The minimum Gasteiger partial charge on any atom is -0.420 e. The molecule has 3 rings (SSSR count). The number of hydroxylamine groups is 1. The summed E-state index contributed by atoms with van der Waals surface area (Å²) in [5.41, 5.74) is 2.95. The SMILES string of the molecule is N#Cc1ccc(C(=O)NOCOC(=O)N2CCC2)c(Nc2ccc(I)cc2F)c1. The average molecular weight is 510 g/mol. The summed E-state index contributed by atoms with van der Waals surface area (Å²) in [4.78, 5) is 30.4. The summed E-state index contributed by atoms with van der Waals surface area (Å²) in [5.74, 6) is -1.15. The number of anilines is 2. The van der Waals surface area contributed by atoms with E-state index in [1.807, 2.05) is 28.7 Å². The molecule has 0 spiro atoms. The van der Waals surface area contributed by atoms with Crippen LogP contribution < -0.4 is 10.8 Å². The molecule has 150 valence electrons. The lowest BCUT2D eigenvalue weighted by molar-refractivity contribution is -0.0677. The van der Waals surface area contributed by atoms with Crippen LogP contribution in [0.15, 0.2) is 36.4 Å². The van der Waals surface area contributed by atoms with E-state index in [0.717, 1.165) is 9.99 Å². The lowest BCUT2D eigenvalue weighted by Crippen LogP contribution is -2.42. The van der Waals surface area contributed by atoms with Crippen LogP contribution in [0.4, 0.5) is 20.6 Å². The number of nitrogens with zero attached hydrogens (tertiary/aromatic N) is 2. The van der Waals surface area contributed by atoms with Gasteiger partial charge < -0.3 is 15.0 Å². The monoisotopic (exact) mass is 510 g/mol. The maximum absolute atomic E-state index is 14.2. The van der Waals surface area contributed by atoms with Crippen molar-refractivity contribution in [2.75, 3.05) is 25.2 Å². The second-order valence-electron chi connectivity index (χ2n) is 6.07. The Balaban J connectivity index is 1.66. The summed E-state index contributed by atoms with van der Waals surface area (Å²) >= 11 is 1.98. The molecular formula is C19H16FIN4O4. The lowest BCUT2D eigenvalue weighted by Gasteiger charge is -2.29. The van der Waals surface area contributed by atoms with Crippen LogP contribution in [-0.2, 0) is 9.57 Å². The highest BCUT2D eigenvalue weighted by Gasteiger charge is 2.21. The van der Waals surface area contributed by atoms with E-state index in [4.69, 9.17) is 14.8 Å². The van der Waals surface area contributed by atoms with Crippen LogP contribution in [-0.4, -0.2) is 36.8 Å². The molecule has 8 nitrogen and oxygen atoms in total. The van der Waals surface area contributed by atoms with Gasteiger partial charge in [-0.15, -0.1) is 0 Å². The number of carbonyl (C=O) groups is 2. The first-order valence-corrected chi connectivity index (χ1v) is 9.66. The number of likely N-dealkylation sites (tertiary alicyclic amines) is 1. The number of nitrogens with one attached hydrogen (secondary N) is 2. The van der Waals surface area contributed by atoms with Gasteiger partial charge in [-0.3, -0.25) is 4.79 Å². The first-order valence-electron chi connectivity index (χ1n) is 8.58. The van der Waals surface area contributed by atoms with Crippen LogP contribution in [0.5, 0.6) is 0 Å². The largest absolute Gasteiger partial charge is 0.420 e. The van der Waals surface area contributed by atoms with Gasteiger partial charge in [-0.2, -0.15) is 5.26 Å². The van der Waals surface area contributed by atoms with Gasteiger partial charge in [0.15, 0.2) is 0 Å². The maximum atomic E-state index is 14.2. The summed E-state index contributed by atoms with van der Waals surface area (Å²) in [6, 6.07) is 10.8. The fourth-order valence-electron chi connectivity index (χ4n) is 2.47. The number of hydrogen-bond donors (Lipinski definition) is 2. The number of halogens is 2. The molecule has 0 unspecified atom stereocenters. The van der Waals surface area contributed by atoms with Gasteiger partial charge in [-0.1, -0.05) is 0 Å². The van der Waals surface area contributed by atoms with E-state index >= 15 is 0 Å². The van der Waals surface area contributed by atoms with Crippen LogP contribution in [0, 0.1) is 20.7 Å². The number of ether oxygens (including phenoxy) is 1. The third-order valence-corrected chi connectivity index (χ3v) is 4.79. The Labute approximate surface area is 179 Å². The van der Waals surface area contributed by atoms with E-state index in [9.17, 15) is 14.0 Å². The maximum Gasteiger partial charge on any atom is 0.411 e. The third kappa shape index (κ3) is 5.33. The molecule has 2 aromatic carbocycles. The molecule has 1 heterocycles. The smallest absolute Gasteiger partial charge is 0.411 e. The Morgan fingerprint density at radius 1 is 1.21 bits per heavy atom. The van der Waals surface area contributed by atoms with Gasteiger partial charge in [-0.05, 0) is 65.4 Å². The van der Waals surface area contributed by atoms with Gasteiger partial charge in [0.2, 0.25) is 6.79 Å². The topological polar surface area (TPSA) is 104 Å². The molecule has 0 bridgehead atoms. The highest BCUT2D eigenvalue weighted by molar-refractivity contribution is 14.1. The summed E-state index contributed by atoms with van der Waals surface area (Å²) in [6.45, 7) is 0.826. The minimum absolute atomic E-state index is 0.121. The molecule has 1 fully saturated rings. The van der Waals surface area contributed by atoms with E-state index in [1.165, 1.54) is 35.2 Å². The van der Waals surface area contributed by atoms with Crippen molar-refractivity contribution in [1.82, 2.24) is 10.4 Å². The fraction of sp³-hybridized carbons (Fsp3) is 0.211. The van der Waals surface area contributed by atoms with Gasteiger partial charge >= 0.3 is 6.09 Å². The lowest BCUT2D eigenvalue weighted by atomic mass is 10.1. The number of benzene rings is 2. The zero-order chi connectivity index (χ0) is 20.8. The zero-order valence-electron chi connectivity index (χ0n) is 15.1. The van der Waals surface area contributed by atoms with Crippen molar-refractivity contribution in [2.24, 2.45) is 0 Å². The minimum atomic E-state index is -0.650. The van der Waals surface area contributed by atoms with E-state index < -0.39 is 24.6 Å². The highest BCUT2D eigenvalue weighted by atomic mass is 127. The van der Waals surface area contributed by atoms with E-state index in [2.05, 4.69) is 10.8 Å². The molecule has 2 amide bonds. The van der Waals surface area contributed by atoms with Crippen LogP contribution in [0.1, 0.15) is 22.3 Å². The molecule has 2 N–H and O–H groups in total. The molecule has 1 aliphatic heterocycles. The van der Waals surface area contributed by atoms with Gasteiger partial charge in [0.05, 0.1) is 28.6 Å². The summed E-state index contributed by atoms with van der Waals surface area (Å²) in [7, 11) is 0. The Kier molecular flexibility index (Phi) is 6.84. The van der Waals surface area contributed by atoms with E-state index in [0.29, 0.717) is 18.7 Å². The third-order valence-electron chi connectivity index (χ3n) is 4.11. The van der Waals surface area contributed by atoms with Gasteiger partial charge in [-0.25, -0.2) is 19.5 Å². The van der Waals surface area contributed by atoms with Crippen molar-refractivity contribution in [3.63, 3.8) is 0 Å². The van der Waals surface area contributed by atoms with Gasteiger partial charge in [0.25, 0.3) is 5.91 Å². The molecule has 2 aromatic rings. The number of rotatable bonds is 6. The van der Waals surface area contributed by atoms with Crippen molar-refractivity contribution in [2.45, 2.75) is 6.42 Å². The molecule has 0 radical (unpaired) electrons. The summed E-state index contributed by atoms with van der Waals surface area (Å²) < 4.78 is 19.7. The molecule has 0 aliphatic carbocycles. The predicted molar refractivity (Wildman–Crippen MR) is 110 cm³/mol. The van der Waals surface area contributed by atoms with Crippen LogP contribution in [0.25, 0.3) is 0 Å². The Morgan fingerprint density at radius 3 is 2.66 bits per heavy atom. The molecule has 0 saturated carbocycles. The zero-order valence-corrected chi connectivity index (χ0v) is 17.2. The normalized spacial score (nSPS) is 12.5. The molecule has 29 heavy (non-hydrogen) atoms. The molecule has 0 aromatic heterocycles. The number of nitriles is 1. The van der Waals surface area contributed by atoms with Gasteiger partial charge in [0.1, 0.15) is 5.82 Å². The van der Waals surface area contributed by atoms with Crippen molar-refractivity contribution in [3.05, 3.63) is 56.9 Å². The highest BCUT2D eigenvalue weighted by Crippen LogP contribution is 2.25. The molecule has 0 atom stereocenters. The molecule has 10 heteroatoms. The second-order valence-corrected chi connectivity index (χ2v) is 7.31. The fourth-order valence-corrected chi connectivity index (χ4v) is 2.92. The predicted octanol–water partition coefficient (Wildman–Crippen LogP) is 3.51. The Morgan fingerprint density at radius 2 is 2.00 bits per heavy atom.